The van der Waals surface area contributed by atoms with Crippen LogP contribution in [0.2, 0.25) is 0 Å². The molecule has 4 N–H and O–H groups in total. The maximum atomic E-state index is 12.4. The van der Waals surface area contributed by atoms with Crippen molar-refractivity contribution in [2.24, 2.45) is 5.14 Å². The van der Waals surface area contributed by atoms with Crippen LogP contribution in [-0.2, 0) is 14.8 Å². The molecular formula is C19H20N4O3S2. The Morgan fingerprint density at radius 2 is 1.68 bits per heavy atom. The summed E-state index contributed by atoms with van der Waals surface area (Å²) in [6.45, 7) is 3.71. The molecule has 0 saturated heterocycles. The van der Waals surface area contributed by atoms with Gasteiger partial charge in [-0.1, -0.05) is 12.1 Å². The van der Waals surface area contributed by atoms with E-state index >= 15 is 0 Å². The molecule has 1 heterocycles. The van der Waals surface area contributed by atoms with Gasteiger partial charge >= 0.3 is 0 Å². The maximum Gasteiger partial charge on any atom is 0.246 e. The van der Waals surface area contributed by atoms with Crippen LogP contribution in [0.15, 0.2) is 58.8 Å². The van der Waals surface area contributed by atoms with E-state index in [4.69, 9.17) is 5.14 Å². The Kier molecular flexibility index (Phi) is 5.78. The van der Waals surface area contributed by atoms with Gasteiger partial charge in [0.15, 0.2) is 0 Å². The van der Waals surface area contributed by atoms with E-state index in [0.717, 1.165) is 22.0 Å². The highest BCUT2D eigenvalue weighted by Crippen LogP contribution is 2.23. The summed E-state index contributed by atoms with van der Waals surface area (Å²) in [4.78, 5) is 16.8. The third-order valence-corrected chi connectivity index (χ3v) is 5.73. The monoisotopic (exact) mass is 416 g/mol. The zero-order chi connectivity index (χ0) is 20.3. The Morgan fingerprint density at radius 1 is 1.07 bits per heavy atom. The second-order valence-corrected chi connectivity index (χ2v) is 8.88. The first-order valence-electron chi connectivity index (χ1n) is 8.45. The van der Waals surface area contributed by atoms with Gasteiger partial charge in [-0.3, -0.25) is 4.79 Å². The third-order valence-electron chi connectivity index (χ3n) is 4.03. The molecule has 0 aliphatic carbocycles. The zero-order valence-corrected chi connectivity index (χ0v) is 17.0. The number of thiazole rings is 1. The Morgan fingerprint density at radius 3 is 2.21 bits per heavy atom. The Hall–Kier alpha value is -2.75. The van der Waals surface area contributed by atoms with Crippen molar-refractivity contribution >= 4 is 38.6 Å². The zero-order valence-electron chi connectivity index (χ0n) is 15.3. The number of aryl methyl sites for hydroxylation is 1. The predicted molar refractivity (Wildman–Crippen MR) is 112 cm³/mol. The summed E-state index contributed by atoms with van der Waals surface area (Å²) in [5, 5.41) is 14.0. The second-order valence-electron chi connectivity index (χ2n) is 6.25. The van der Waals surface area contributed by atoms with Crippen molar-refractivity contribution in [2.75, 3.05) is 10.6 Å². The van der Waals surface area contributed by atoms with Crippen LogP contribution in [0, 0.1) is 6.92 Å². The number of nitrogens with one attached hydrogen (secondary N) is 2. The molecule has 9 heteroatoms. The summed E-state index contributed by atoms with van der Waals surface area (Å²) < 4.78 is 22.5. The van der Waals surface area contributed by atoms with E-state index in [9.17, 15) is 13.2 Å². The van der Waals surface area contributed by atoms with Gasteiger partial charge in [-0.05, 0) is 50.2 Å². The fraction of sp³-hybridized carbons (Fsp3) is 0.158. The predicted octanol–water partition coefficient (Wildman–Crippen LogP) is 3.21. The average molecular weight is 417 g/mol. The average Bonchev–Trinajstić information content (AvgIpc) is 3.08. The molecule has 1 amide bonds. The number of amides is 1. The minimum atomic E-state index is -3.76. The van der Waals surface area contributed by atoms with Crippen LogP contribution in [0.4, 0.5) is 11.4 Å². The summed E-state index contributed by atoms with van der Waals surface area (Å²) in [5.41, 5.74) is 3.24. The highest BCUT2D eigenvalue weighted by Gasteiger charge is 2.14. The van der Waals surface area contributed by atoms with Gasteiger partial charge in [0.2, 0.25) is 15.9 Å². The van der Waals surface area contributed by atoms with Gasteiger partial charge in [0.05, 0.1) is 15.6 Å². The van der Waals surface area contributed by atoms with Crippen molar-refractivity contribution in [1.82, 2.24) is 4.98 Å². The summed E-state index contributed by atoms with van der Waals surface area (Å²) in [6, 6.07) is 12.9. The lowest BCUT2D eigenvalue weighted by Gasteiger charge is -2.15. The van der Waals surface area contributed by atoms with Gasteiger partial charge in [-0.2, -0.15) is 0 Å². The minimum absolute atomic E-state index is 0.00734. The number of hydrogen-bond acceptors (Lipinski definition) is 6. The summed E-state index contributed by atoms with van der Waals surface area (Å²) >= 11 is 1.60. The number of primary sulfonamides is 1. The molecule has 0 aliphatic rings. The number of carbonyl (C=O) groups excluding carboxylic acids is 1. The lowest BCUT2D eigenvalue weighted by atomic mass is 10.1. The van der Waals surface area contributed by atoms with Gasteiger partial charge < -0.3 is 10.6 Å². The number of benzene rings is 2. The number of hydrogen-bond donors (Lipinski definition) is 3. The standard InChI is InChI=1S/C19H20N4O3S2/c1-12(19(24)23-16-7-9-17(10-8-16)28(20,25)26)21-15-5-3-14(4-6-15)18-11-27-13(2)22-18/h3-12,21H,1-2H3,(H,23,24)(H2,20,25,26). The van der Waals surface area contributed by atoms with Crippen molar-refractivity contribution in [3.63, 3.8) is 0 Å². The van der Waals surface area contributed by atoms with Gasteiger partial charge in [0, 0.05) is 22.3 Å². The van der Waals surface area contributed by atoms with E-state index in [-0.39, 0.29) is 10.8 Å². The minimum Gasteiger partial charge on any atom is -0.374 e. The Bertz CT molecular complexity index is 1080. The summed E-state index contributed by atoms with van der Waals surface area (Å²) in [6.07, 6.45) is 0. The van der Waals surface area contributed by atoms with Crippen molar-refractivity contribution < 1.29 is 13.2 Å². The molecule has 0 aliphatic heterocycles. The van der Waals surface area contributed by atoms with E-state index in [1.165, 1.54) is 24.3 Å². The quantitative estimate of drug-likeness (QED) is 0.571. The van der Waals surface area contributed by atoms with Crippen LogP contribution >= 0.6 is 11.3 Å². The lowest BCUT2D eigenvalue weighted by molar-refractivity contribution is -0.116. The van der Waals surface area contributed by atoms with Crippen molar-refractivity contribution in [3.8, 4) is 11.3 Å². The SMILES string of the molecule is Cc1nc(-c2ccc(NC(C)C(=O)Nc3ccc(S(N)(=O)=O)cc3)cc2)cs1. The number of sulfonamides is 1. The molecule has 146 valence electrons. The molecule has 28 heavy (non-hydrogen) atoms. The largest absolute Gasteiger partial charge is 0.374 e. The Labute approximate surface area is 167 Å². The highest BCUT2D eigenvalue weighted by atomic mass is 32.2. The van der Waals surface area contributed by atoms with Gasteiger partial charge in [-0.25, -0.2) is 18.5 Å². The lowest BCUT2D eigenvalue weighted by Crippen LogP contribution is -2.31. The van der Waals surface area contributed by atoms with E-state index in [2.05, 4.69) is 15.6 Å². The number of nitrogens with two attached hydrogens (primary N) is 1. The first kappa shape index (κ1) is 20.0. The van der Waals surface area contributed by atoms with Crippen molar-refractivity contribution in [3.05, 3.63) is 58.9 Å². The molecular weight excluding hydrogens is 396 g/mol. The molecule has 0 fully saturated rings. The van der Waals surface area contributed by atoms with Crippen LogP contribution in [0.3, 0.4) is 0 Å². The van der Waals surface area contributed by atoms with Crippen LogP contribution in [0.1, 0.15) is 11.9 Å². The first-order valence-corrected chi connectivity index (χ1v) is 10.9. The van der Waals surface area contributed by atoms with E-state index < -0.39 is 16.1 Å². The molecule has 7 nitrogen and oxygen atoms in total. The molecule has 2 aromatic carbocycles. The van der Waals surface area contributed by atoms with Crippen LogP contribution in [0.5, 0.6) is 0 Å². The molecule has 1 aromatic heterocycles. The van der Waals surface area contributed by atoms with E-state index in [1.807, 2.05) is 36.6 Å². The van der Waals surface area contributed by atoms with Crippen LogP contribution in [0.25, 0.3) is 11.3 Å². The van der Waals surface area contributed by atoms with Crippen molar-refractivity contribution in [1.29, 1.82) is 0 Å². The summed E-state index contributed by atoms with van der Waals surface area (Å²) in [7, 11) is -3.76. The molecule has 3 rings (SSSR count). The van der Waals surface area contributed by atoms with E-state index in [1.54, 1.807) is 18.3 Å². The van der Waals surface area contributed by atoms with Crippen LogP contribution in [-0.4, -0.2) is 25.4 Å². The van der Waals surface area contributed by atoms with Gasteiger partial charge in [-0.15, -0.1) is 11.3 Å². The first-order chi connectivity index (χ1) is 13.2. The summed E-state index contributed by atoms with van der Waals surface area (Å²) in [5.74, 6) is -0.248. The third kappa shape index (κ3) is 4.94. The highest BCUT2D eigenvalue weighted by molar-refractivity contribution is 7.89. The number of rotatable bonds is 6. The Balaban J connectivity index is 1.61. The number of nitrogens with zero attached hydrogens (tertiary/aromatic N) is 1. The maximum absolute atomic E-state index is 12.4. The van der Waals surface area contributed by atoms with Crippen LogP contribution < -0.4 is 15.8 Å². The molecule has 0 spiro atoms. The van der Waals surface area contributed by atoms with Gasteiger partial charge in [0.25, 0.3) is 0 Å². The van der Waals surface area contributed by atoms with E-state index in [0.29, 0.717) is 5.69 Å². The molecule has 0 radical (unpaired) electrons. The fourth-order valence-electron chi connectivity index (χ4n) is 2.53. The number of aromatic nitrogens is 1. The molecule has 1 atom stereocenters. The molecule has 0 saturated carbocycles. The fourth-order valence-corrected chi connectivity index (χ4v) is 3.66. The van der Waals surface area contributed by atoms with Crippen molar-refractivity contribution in [2.45, 2.75) is 24.8 Å². The number of anilines is 2. The smallest absolute Gasteiger partial charge is 0.246 e. The number of carbonyl (C=O) groups is 1. The topological polar surface area (TPSA) is 114 Å². The molecule has 3 aromatic rings. The molecule has 1 unspecified atom stereocenters. The normalized spacial score (nSPS) is 12.4. The van der Waals surface area contributed by atoms with Gasteiger partial charge in [0.1, 0.15) is 6.04 Å². The molecule has 0 bridgehead atoms. The second kappa shape index (κ2) is 8.09.